The zero-order valence-corrected chi connectivity index (χ0v) is 16.2. The number of hydrogen-bond donors (Lipinski definition) is 2. The second-order valence-corrected chi connectivity index (χ2v) is 6.95. The van der Waals surface area contributed by atoms with Gasteiger partial charge in [-0.2, -0.15) is 0 Å². The van der Waals surface area contributed by atoms with Crippen molar-refractivity contribution in [2.45, 2.75) is 46.6 Å². The average Bonchev–Trinajstić information content (AvgIpc) is 2.86. The van der Waals surface area contributed by atoms with Crippen LogP contribution in [0.2, 0.25) is 0 Å². The molecule has 0 radical (unpaired) electrons. The molecule has 1 unspecified atom stereocenters. The molecule has 1 aliphatic heterocycles. The first-order chi connectivity index (χ1) is 12.5. The molecule has 6 heteroatoms. The van der Waals surface area contributed by atoms with E-state index in [1.807, 2.05) is 6.92 Å². The van der Waals surface area contributed by atoms with E-state index in [-0.39, 0.29) is 11.8 Å². The van der Waals surface area contributed by atoms with Gasteiger partial charge in [-0.1, -0.05) is 26.0 Å². The normalized spacial score (nSPS) is 15.4. The van der Waals surface area contributed by atoms with Crippen LogP contribution in [0.1, 0.15) is 61.3 Å². The van der Waals surface area contributed by atoms with E-state index in [4.69, 9.17) is 0 Å². The van der Waals surface area contributed by atoms with Crippen molar-refractivity contribution in [1.29, 1.82) is 0 Å². The van der Waals surface area contributed by atoms with Crippen LogP contribution in [0.15, 0.2) is 29.3 Å². The van der Waals surface area contributed by atoms with Gasteiger partial charge in [0.05, 0.1) is 11.1 Å². The Labute approximate surface area is 156 Å². The fraction of sp³-hybridized carbons (Fsp3) is 0.550. The van der Waals surface area contributed by atoms with E-state index in [9.17, 15) is 9.59 Å². The number of nitrogens with one attached hydrogen (secondary N) is 2. The van der Waals surface area contributed by atoms with Gasteiger partial charge in [-0.3, -0.25) is 19.5 Å². The number of guanidine groups is 1. The minimum Gasteiger partial charge on any atom is -0.357 e. The number of amides is 2. The minimum atomic E-state index is -0.185. The predicted molar refractivity (Wildman–Crippen MR) is 104 cm³/mol. The number of nitrogens with zero attached hydrogens (tertiary/aromatic N) is 2. The highest BCUT2D eigenvalue weighted by Crippen LogP contribution is 2.22. The molecular weight excluding hydrogens is 328 g/mol. The molecule has 1 aromatic carbocycles. The molecule has 1 aromatic rings. The third kappa shape index (κ3) is 4.84. The van der Waals surface area contributed by atoms with E-state index < -0.39 is 0 Å². The Morgan fingerprint density at radius 3 is 2.23 bits per heavy atom. The molecule has 0 bridgehead atoms. The van der Waals surface area contributed by atoms with Gasteiger partial charge in [0.2, 0.25) is 0 Å². The summed E-state index contributed by atoms with van der Waals surface area (Å²) in [5, 5.41) is 6.64. The molecule has 2 rings (SSSR count). The largest absolute Gasteiger partial charge is 0.357 e. The molecule has 0 aromatic heterocycles. The lowest BCUT2D eigenvalue weighted by Crippen LogP contribution is -2.44. The maximum Gasteiger partial charge on any atom is 0.261 e. The zero-order chi connectivity index (χ0) is 19.1. The summed E-state index contributed by atoms with van der Waals surface area (Å²) in [6.45, 7) is 10.4. The van der Waals surface area contributed by atoms with Gasteiger partial charge in [0.25, 0.3) is 11.8 Å². The van der Waals surface area contributed by atoms with Crippen LogP contribution in [0.5, 0.6) is 0 Å². The molecule has 0 aliphatic carbocycles. The highest BCUT2D eigenvalue weighted by atomic mass is 16.2. The van der Waals surface area contributed by atoms with E-state index in [1.54, 1.807) is 24.3 Å². The van der Waals surface area contributed by atoms with Crippen LogP contribution in [-0.2, 0) is 0 Å². The first-order valence-corrected chi connectivity index (χ1v) is 9.45. The van der Waals surface area contributed by atoms with Crippen LogP contribution in [0.4, 0.5) is 0 Å². The number of fused-ring (bicyclic) bond motifs is 1. The highest BCUT2D eigenvalue weighted by molar-refractivity contribution is 6.21. The van der Waals surface area contributed by atoms with Crippen molar-refractivity contribution in [2.24, 2.45) is 10.9 Å². The van der Waals surface area contributed by atoms with Crippen molar-refractivity contribution >= 4 is 17.8 Å². The third-order valence-electron chi connectivity index (χ3n) is 4.65. The van der Waals surface area contributed by atoms with E-state index in [1.165, 1.54) is 4.90 Å². The fourth-order valence-corrected chi connectivity index (χ4v) is 2.72. The van der Waals surface area contributed by atoms with Crippen LogP contribution in [0.25, 0.3) is 0 Å². The second kappa shape index (κ2) is 9.36. The van der Waals surface area contributed by atoms with Gasteiger partial charge in [0, 0.05) is 25.7 Å². The van der Waals surface area contributed by atoms with Crippen LogP contribution in [0, 0.1) is 5.92 Å². The van der Waals surface area contributed by atoms with Crippen molar-refractivity contribution in [2.75, 3.05) is 19.6 Å². The molecular formula is C20H30N4O2. The number of carbonyl (C=O) groups excluding carboxylic acids is 2. The molecule has 0 saturated carbocycles. The van der Waals surface area contributed by atoms with Crippen LogP contribution in [0.3, 0.4) is 0 Å². The predicted octanol–water partition coefficient (Wildman–Crippen LogP) is 2.66. The summed E-state index contributed by atoms with van der Waals surface area (Å²) < 4.78 is 0. The molecule has 0 spiro atoms. The van der Waals surface area contributed by atoms with Gasteiger partial charge >= 0.3 is 0 Å². The Hall–Kier alpha value is -2.37. The summed E-state index contributed by atoms with van der Waals surface area (Å²) in [6.07, 6.45) is 1.56. The standard InChI is InChI=1S/C20H30N4O2/c1-5-21-20(23-15(4)14(2)3)22-12-8-9-13-24-18(25)16-10-6-7-11-17(16)19(24)26/h6-7,10-11,14-15H,5,8-9,12-13H2,1-4H3,(H2,21,22,23). The summed E-state index contributed by atoms with van der Waals surface area (Å²) in [7, 11) is 0. The SMILES string of the molecule is CCNC(=NCCCCN1C(=O)c2ccccc2C1=O)NC(C)C(C)C. The summed E-state index contributed by atoms with van der Waals surface area (Å²) in [4.78, 5) is 30.5. The number of hydrogen-bond acceptors (Lipinski definition) is 3. The van der Waals surface area contributed by atoms with Gasteiger partial charge < -0.3 is 10.6 Å². The van der Waals surface area contributed by atoms with Gasteiger partial charge in [-0.15, -0.1) is 0 Å². The van der Waals surface area contributed by atoms with Crippen LogP contribution >= 0.6 is 0 Å². The Balaban J connectivity index is 1.81. The fourth-order valence-electron chi connectivity index (χ4n) is 2.72. The number of aliphatic imine (C=N–C) groups is 1. The lowest BCUT2D eigenvalue weighted by Gasteiger charge is -2.20. The molecule has 1 aliphatic rings. The maximum absolute atomic E-state index is 12.3. The van der Waals surface area contributed by atoms with Crippen molar-refractivity contribution in [1.82, 2.24) is 15.5 Å². The van der Waals surface area contributed by atoms with Gasteiger partial charge in [-0.05, 0) is 44.7 Å². The van der Waals surface area contributed by atoms with Gasteiger partial charge in [-0.25, -0.2) is 0 Å². The Kier molecular flexibility index (Phi) is 7.18. The smallest absolute Gasteiger partial charge is 0.261 e. The zero-order valence-electron chi connectivity index (χ0n) is 16.2. The molecule has 0 saturated heterocycles. The highest BCUT2D eigenvalue weighted by Gasteiger charge is 2.34. The van der Waals surface area contributed by atoms with E-state index in [2.05, 4.69) is 36.4 Å². The van der Waals surface area contributed by atoms with Crippen molar-refractivity contribution in [3.8, 4) is 0 Å². The lowest BCUT2D eigenvalue weighted by atomic mass is 10.1. The van der Waals surface area contributed by atoms with Crippen LogP contribution in [-0.4, -0.2) is 48.3 Å². The number of unbranched alkanes of at least 4 members (excludes halogenated alkanes) is 1. The summed E-state index contributed by atoms with van der Waals surface area (Å²) in [6, 6.07) is 7.34. The van der Waals surface area contributed by atoms with E-state index >= 15 is 0 Å². The average molecular weight is 358 g/mol. The third-order valence-corrected chi connectivity index (χ3v) is 4.65. The Morgan fingerprint density at radius 1 is 1.08 bits per heavy atom. The Bertz CT molecular complexity index is 635. The molecule has 142 valence electrons. The number of carbonyl (C=O) groups is 2. The summed E-state index contributed by atoms with van der Waals surface area (Å²) in [5.41, 5.74) is 1.02. The minimum absolute atomic E-state index is 0.185. The van der Waals surface area contributed by atoms with Crippen molar-refractivity contribution in [3.05, 3.63) is 35.4 Å². The molecule has 1 atom stereocenters. The Morgan fingerprint density at radius 2 is 1.69 bits per heavy atom. The summed E-state index contributed by atoms with van der Waals surface area (Å²) in [5.74, 6) is 0.965. The molecule has 2 N–H and O–H groups in total. The van der Waals surface area contributed by atoms with Crippen LogP contribution < -0.4 is 10.6 Å². The number of rotatable bonds is 8. The number of imide groups is 1. The van der Waals surface area contributed by atoms with Crippen molar-refractivity contribution in [3.63, 3.8) is 0 Å². The first kappa shape index (κ1) is 19.9. The van der Waals surface area contributed by atoms with E-state index in [0.29, 0.717) is 36.2 Å². The quantitative estimate of drug-likeness (QED) is 0.324. The van der Waals surface area contributed by atoms with E-state index in [0.717, 1.165) is 25.3 Å². The second-order valence-electron chi connectivity index (χ2n) is 6.95. The maximum atomic E-state index is 12.3. The molecule has 6 nitrogen and oxygen atoms in total. The monoisotopic (exact) mass is 358 g/mol. The molecule has 26 heavy (non-hydrogen) atoms. The first-order valence-electron chi connectivity index (χ1n) is 9.45. The lowest BCUT2D eigenvalue weighted by molar-refractivity contribution is 0.0652. The number of benzene rings is 1. The van der Waals surface area contributed by atoms with Crippen molar-refractivity contribution < 1.29 is 9.59 Å². The molecule has 1 heterocycles. The molecule has 2 amide bonds. The topological polar surface area (TPSA) is 73.8 Å². The molecule has 0 fully saturated rings. The van der Waals surface area contributed by atoms with Gasteiger partial charge in [0.15, 0.2) is 5.96 Å². The summed E-state index contributed by atoms with van der Waals surface area (Å²) >= 11 is 0. The van der Waals surface area contributed by atoms with Gasteiger partial charge in [0.1, 0.15) is 0 Å².